The van der Waals surface area contributed by atoms with Crippen molar-refractivity contribution in [2.75, 3.05) is 31.7 Å². The van der Waals surface area contributed by atoms with Crippen molar-refractivity contribution in [3.63, 3.8) is 0 Å². The van der Waals surface area contributed by atoms with Crippen molar-refractivity contribution in [1.82, 2.24) is 14.8 Å². The summed E-state index contributed by atoms with van der Waals surface area (Å²) in [6, 6.07) is 25.3. The van der Waals surface area contributed by atoms with Gasteiger partial charge in [0.1, 0.15) is 23.7 Å². The first-order chi connectivity index (χ1) is 23.2. The summed E-state index contributed by atoms with van der Waals surface area (Å²) in [5.74, 6) is 1.04. The Balaban J connectivity index is 1.37. The standard InChI is InChI=1S/C36H30Cl3N5O4/c1-4-43(17-18-48-27-13-11-26(47-3)12-14-27)25-10-16-30(21(2)19-25)40-34-31(28-20-24(38)9-15-29(28)39)32(36(45)46)35-41-33(42-44(34)35)22-5-7-23(37)8-6-22/h5-16,19-20H,4,17-18H2,1-3H3,(H,45,46). The maximum atomic E-state index is 12.8. The molecule has 0 saturated heterocycles. The van der Waals surface area contributed by atoms with Gasteiger partial charge in [0.2, 0.25) is 0 Å². The Labute approximate surface area is 292 Å². The van der Waals surface area contributed by atoms with Crippen molar-refractivity contribution in [2.45, 2.75) is 13.8 Å². The molecule has 244 valence electrons. The van der Waals surface area contributed by atoms with Gasteiger partial charge in [-0.25, -0.2) is 14.8 Å². The fraction of sp³-hybridized carbons (Fsp3) is 0.167. The molecule has 5 aromatic rings. The van der Waals surface area contributed by atoms with E-state index in [0.29, 0.717) is 50.9 Å². The number of nitrogens with zero attached hydrogens (tertiary/aromatic N) is 5. The van der Waals surface area contributed by atoms with Crippen molar-refractivity contribution < 1.29 is 19.4 Å². The number of allylic oxidation sites excluding steroid dienone is 1. The summed E-state index contributed by atoms with van der Waals surface area (Å²) in [5, 5.41) is 16.5. The molecule has 0 radical (unpaired) electrons. The molecule has 6 rings (SSSR count). The van der Waals surface area contributed by atoms with Crippen LogP contribution in [0.2, 0.25) is 15.1 Å². The van der Waals surface area contributed by atoms with Gasteiger partial charge in [0.15, 0.2) is 17.5 Å². The van der Waals surface area contributed by atoms with E-state index in [-0.39, 0.29) is 22.8 Å². The molecule has 0 bridgehead atoms. The second kappa shape index (κ2) is 14.1. The van der Waals surface area contributed by atoms with E-state index in [0.717, 1.165) is 29.3 Å². The minimum atomic E-state index is -1.20. The van der Waals surface area contributed by atoms with E-state index in [1.54, 1.807) is 49.6 Å². The minimum absolute atomic E-state index is 0.0890. The Morgan fingerprint density at radius 3 is 2.31 bits per heavy atom. The Bertz CT molecular complexity index is 2060. The number of carbonyl (C=O) groups is 1. The first kappa shape index (κ1) is 33.1. The lowest BCUT2D eigenvalue weighted by molar-refractivity contribution is -0.130. The molecular formula is C36H30Cl3N5O4. The number of aliphatic imine (C=N–C) groups is 1. The van der Waals surface area contributed by atoms with Gasteiger partial charge in [-0.1, -0.05) is 34.8 Å². The minimum Gasteiger partial charge on any atom is -0.497 e. The third kappa shape index (κ3) is 6.75. The van der Waals surface area contributed by atoms with E-state index in [4.69, 9.17) is 54.4 Å². The van der Waals surface area contributed by atoms with Gasteiger partial charge in [0.05, 0.1) is 19.3 Å². The highest BCUT2D eigenvalue weighted by atomic mass is 35.5. The van der Waals surface area contributed by atoms with E-state index in [1.807, 2.05) is 49.4 Å². The average Bonchev–Trinajstić information content (AvgIpc) is 3.63. The highest BCUT2D eigenvalue weighted by molar-refractivity contribution is 6.46. The molecule has 2 heterocycles. The summed E-state index contributed by atoms with van der Waals surface area (Å²) in [6.07, 6.45) is 0. The normalized spacial score (nSPS) is 13.2. The van der Waals surface area contributed by atoms with E-state index < -0.39 is 5.97 Å². The second-order valence-corrected chi connectivity index (χ2v) is 12.1. The molecular weight excluding hydrogens is 673 g/mol. The molecule has 48 heavy (non-hydrogen) atoms. The van der Waals surface area contributed by atoms with Crippen LogP contribution in [0.4, 0.5) is 11.4 Å². The Morgan fingerprint density at radius 1 is 0.938 bits per heavy atom. The molecule has 0 unspecified atom stereocenters. The Morgan fingerprint density at radius 2 is 1.65 bits per heavy atom. The lowest BCUT2D eigenvalue weighted by atomic mass is 10.00. The number of methoxy groups -OCH3 is 1. The van der Waals surface area contributed by atoms with E-state index >= 15 is 0 Å². The molecule has 12 heteroatoms. The largest absolute Gasteiger partial charge is 0.497 e. The van der Waals surface area contributed by atoms with Crippen molar-refractivity contribution in [1.29, 1.82) is 0 Å². The Hall–Kier alpha value is -4.83. The number of hydrogen-bond acceptors (Lipinski definition) is 7. The zero-order chi connectivity index (χ0) is 33.9. The third-order valence-electron chi connectivity index (χ3n) is 7.86. The number of likely N-dealkylation sites (N-methyl/N-ethyl adjacent to an activating group) is 1. The van der Waals surface area contributed by atoms with Gasteiger partial charge in [0.25, 0.3) is 0 Å². The second-order valence-electron chi connectivity index (χ2n) is 10.9. The van der Waals surface area contributed by atoms with Crippen molar-refractivity contribution in [3.05, 3.63) is 117 Å². The van der Waals surface area contributed by atoms with Crippen LogP contribution in [0.5, 0.6) is 11.5 Å². The molecule has 0 fully saturated rings. The van der Waals surface area contributed by atoms with E-state index in [9.17, 15) is 9.90 Å². The maximum absolute atomic E-state index is 12.8. The first-order valence-electron chi connectivity index (χ1n) is 15.0. The average molecular weight is 703 g/mol. The van der Waals surface area contributed by atoms with Crippen LogP contribution in [0.15, 0.2) is 89.9 Å². The molecule has 0 amide bonds. The van der Waals surface area contributed by atoms with Crippen LogP contribution in [0.3, 0.4) is 0 Å². The quantitative estimate of drug-likeness (QED) is 0.147. The lowest BCUT2D eigenvalue weighted by Gasteiger charge is -2.24. The molecule has 9 nitrogen and oxygen atoms in total. The number of halogens is 3. The molecule has 0 saturated carbocycles. The van der Waals surface area contributed by atoms with Crippen LogP contribution in [-0.4, -0.2) is 58.5 Å². The zero-order valence-electron chi connectivity index (χ0n) is 26.2. The van der Waals surface area contributed by atoms with Gasteiger partial charge in [-0.2, -0.15) is 4.68 Å². The number of rotatable bonds is 11. The summed E-state index contributed by atoms with van der Waals surface area (Å²) in [4.78, 5) is 24.7. The summed E-state index contributed by atoms with van der Waals surface area (Å²) < 4.78 is 12.6. The van der Waals surface area contributed by atoms with Crippen LogP contribution in [0, 0.1) is 6.92 Å². The fourth-order valence-corrected chi connectivity index (χ4v) is 5.92. The van der Waals surface area contributed by atoms with Crippen LogP contribution >= 0.6 is 34.8 Å². The smallest absolute Gasteiger partial charge is 0.340 e. The number of anilines is 1. The lowest BCUT2D eigenvalue weighted by Crippen LogP contribution is -2.28. The van der Waals surface area contributed by atoms with Gasteiger partial charge in [0, 0.05) is 44.0 Å². The zero-order valence-corrected chi connectivity index (χ0v) is 28.5. The number of benzene rings is 4. The molecule has 1 aliphatic heterocycles. The monoisotopic (exact) mass is 701 g/mol. The highest BCUT2D eigenvalue weighted by Gasteiger charge is 2.37. The fourth-order valence-electron chi connectivity index (χ4n) is 5.41. The molecule has 0 spiro atoms. The molecule has 0 aliphatic carbocycles. The number of fused-ring (bicyclic) bond motifs is 1. The maximum Gasteiger partial charge on any atom is 0.340 e. The van der Waals surface area contributed by atoms with E-state index in [2.05, 4.69) is 16.8 Å². The number of aromatic nitrogens is 3. The molecule has 1 aliphatic rings. The van der Waals surface area contributed by atoms with Gasteiger partial charge in [-0.3, -0.25) is 0 Å². The summed E-state index contributed by atoms with van der Waals surface area (Å²) in [6.45, 7) is 5.94. The van der Waals surface area contributed by atoms with Crippen LogP contribution in [0.1, 0.15) is 23.9 Å². The predicted octanol–water partition coefficient (Wildman–Crippen LogP) is 8.71. The van der Waals surface area contributed by atoms with Crippen molar-refractivity contribution in [2.24, 2.45) is 4.99 Å². The van der Waals surface area contributed by atoms with Crippen LogP contribution in [-0.2, 0) is 4.79 Å². The summed E-state index contributed by atoms with van der Waals surface area (Å²) in [7, 11) is 1.63. The summed E-state index contributed by atoms with van der Waals surface area (Å²) in [5.41, 5.74) is 3.74. The third-order valence-corrected chi connectivity index (χ3v) is 8.68. The number of aryl methyl sites for hydroxylation is 1. The number of ether oxygens (including phenoxy) is 2. The SMILES string of the molecule is CCN(CCOc1ccc(OC)cc1)c1ccc(N=C2C(c3cc(Cl)ccc3Cl)=C(C(=O)O)c3nc(-c4ccc(Cl)cc4)nn32)c(C)c1. The van der Waals surface area contributed by atoms with Gasteiger partial charge >= 0.3 is 5.97 Å². The molecule has 0 atom stereocenters. The summed E-state index contributed by atoms with van der Waals surface area (Å²) >= 11 is 19.1. The number of hydrogen-bond donors (Lipinski definition) is 1. The number of carboxylic acid groups (broad SMARTS) is 1. The van der Waals surface area contributed by atoms with Crippen molar-refractivity contribution in [3.8, 4) is 22.9 Å². The number of carboxylic acids is 1. The Kier molecular flexibility index (Phi) is 9.73. The molecule has 4 aromatic carbocycles. The highest BCUT2D eigenvalue weighted by Crippen LogP contribution is 2.40. The van der Waals surface area contributed by atoms with Gasteiger partial charge in [-0.05, 0) is 104 Å². The predicted molar refractivity (Wildman–Crippen MR) is 191 cm³/mol. The topological polar surface area (TPSA) is 102 Å². The molecule has 1 N–H and O–H groups in total. The molecule has 1 aromatic heterocycles. The van der Waals surface area contributed by atoms with Crippen molar-refractivity contribution >= 4 is 69.1 Å². The van der Waals surface area contributed by atoms with Crippen LogP contribution in [0.25, 0.3) is 22.5 Å². The van der Waals surface area contributed by atoms with Crippen LogP contribution < -0.4 is 14.4 Å². The van der Waals surface area contributed by atoms with Gasteiger partial charge < -0.3 is 19.5 Å². The van der Waals surface area contributed by atoms with Gasteiger partial charge in [-0.15, -0.1) is 5.10 Å². The number of aliphatic carboxylic acids is 1. The van der Waals surface area contributed by atoms with E-state index in [1.165, 1.54) is 4.68 Å². The first-order valence-corrected chi connectivity index (χ1v) is 16.2.